The SMILES string of the molecule is Cc1c(Cl)ccc2c1[C@H](N)CCC2. The minimum absolute atomic E-state index is 0.197. The summed E-state index contributed by atoms with van der Waals surface area (Å²) in [6.07, 6.45) is 3.45. The molecule has 13 heavy (non-hydrogen) atoms. The number of nitrogens with two attached hydrogens (primary N) is 1. The zero-order chi connectivity index (χ0) is 9.42. The highest BCUT2D eigenvalue weighted by Gasteiger charge is 2.19. The minimum Gasteiger partial charge on any atom is -0.324 e. The number of hydrogen-bond donors (Lipinski definition) is 1. The first-order chi connectivity index (χ1) is 6.20. The van der Waals surface area contributed by atoms with Crippen LogP contribution in [0.2, 0.25) is 5.02 Å². The molecule has 1 aromatic carbocycles. The van der Waals surface area contributed by atoms with Crippen LogP contribution in [-0.4, -0.2) is 0 Å². The lowest BCUT2D eigenvalue weighted by atomic mass is 9.85. The van der Waals surface area contributed by atoms with Gasteiger partial charge in [-0.05, 0) is 48.9 Å². The van der Waals surface area contributed by atoms with Crippen LogP contribution in [0.4, 0.5) is 0 Å². The smallest absolute Gasteiger partial charge is 0.0438 e. The maximum Gasteiger partial charge on any atom is 0.0438 e. The van der Waals surface area contributed by atoms with E-state index in [0.29, 0.717) is 0 Å². The van der Waals surface area contributed by atoms with Gasteiger partial charge in [-0.2, -0.15) is 0 Å². The molecule has 0 unspecified atom stereocenters. The fourth-order valence-corrected chi connectivity index (χ4v) is 2.31. The molecular formula is C11H14ClN. The largest absolute Gasteiger partial charge is 0.324 e. The normalized spacial score (nSPS) is 21.3. The Morgan fingerprint density at radius 3 is 3.00 bits per heavy atom. The van der Waals surface area contributed by atoms with Crippen LogP contribution in [0.1, 0.15) is 35.6 Å². The third-order valence-electron chi connectivity index (χ3n) is 2.87. The highest BCUT2D eigenvalue weighted by atomic mass is 35.5. The molecule has 1 aromatic rings. The highest BCUT2D eigenvalue weighted by molar-refractivity contribution is 6.31. The fraction of sp³-hybridized carbons (Fsp3) is 0.455. The van der Waals surface area contributed by atoms with Crippen molar-refractivity contribution in [2.45, 2.75) is 32.2 Å². The first-order valence-electron chi connectivity index (χ1n) is 4.73. The van der Waals surface area contributed by atoms with Gasteiger partial charge in [0, 0.05) is 11.1 Å². The van der Waals surface area contributed by atoms with E-state index in [4.69, 9.17) is 17.3 Å². The third kappa shape index (κ3) is 1.47. The van der Waals surface area contributed by atoms with E-state index in [1.165, 1.54) is 23.1 Å². The number of hydrogen-bond acceptors (Lipinski definition) is 1. The number of aryl methyl sites for hydroxylation is 1. The summed E-state index contributed by atoms with van der Waals surface area (Å²) in [5, 5.41) is 0.844. The highest BCUT2D eigenvalue weighted by Crippen LogP contribution is 2.33. The Hall–Kier alpha value is -0.530. The number of fused-ring (bicyclic) bond motifs is 1. The van der Waals surface area contributed by atoms with Crippen molar-refractivity contribution >= 4 is 11.6 Å². The van der Waals surface area contributed by atoms with Crippen molar-refractivity contribution in [2.75, 3.05) is 0 Å². The standard InChI is InChI=1S/C11H14ClN/c1-7-9(12)6-5-8-3-2-4-10(13)11(7)8/h5-6,10H,2-4,13H2,1H3/t10-/m1/s1. The second kappa shape index (κ2) is 3.32. The molecule has 0 aliphatic heterocycles. The summed E-state index contributed by atoms with van der Waals surface area (Å²) in [4.78, 5) is 0. The maximum atomic E-state index is 6.06. The van der Waals surface area contributed by atoms with Gasteiger partial charge in [-0.15, -0.1) is 0 Å². The molecule has 70 valence electrons. The van der Waals surface area contributed by atoms with E-state index in [1.807, 2.05) is 6.07 Å². The molecule has 0 aromatic heterocycles. The topological polar surface area (TPSA) is 26.0 Å². The van der Waals surface area contributed by atoms with E-state index in [9.17, 15) is 0 Å². The molecular weight excluding hydrogens is 182 g/mol. The van der Waals surface area contributed by atoms with Gasteiger partial charge in [-0.3, -0.25) is 0 Å². The molecule has 2 N–H and O–H groups in total. The molecule has 1 aliphatic carbocycles. The first kappa shape index (κ1) is 9.04. The van der Waals surface area contributed by atoms with Crippen molar-refractivity contribution in [3.8, 4) is 0 Å². The van der Waals surface area contributed by atoms with Gasteiger partial charge in [0.15, 0.2) is 0 Å². The average Bonchev–Trinajstić information content (AvgIpc) is 2.12. The van der Waals surface area contributed by atoms with E-state index >= 15 is 0 Å². The minimum atomic E-state index is 0.197. The number of rotatable bonds is 0. The van der Waals surface area contributed by atoms with Crippen LogP contribution in [0.25, 0.3) is 0 Å². The summed E-state index contributed by atoms with van der Waals surface area (Å²) in [6, 6.07) is 4.29. The third-order valence-corrected chi connectivity index (χ3v) is 3.28. The van der Waals surface area contributed by atoms with Crippen molar-refractivity contribution < 1.29 is 0 Å². The molecule has 2 heteroatoms. The molecule has 0 bridgehead atoms. The monoisotopic (exact) mass is 195 g/mol. The molecule has 1 aliphatic rings. The van der Waals surface area contributed by atoms with Crippen LogP contribution < -0.4 is 5.73 Å². The Balaban J connectivity index is 2.58. The summed E-state index contributed by atoms with van der Waals surface area (Å²) >= 11 is 6.06. The van der Waals surface area contributed by atoms with Gasteiger partial charge in [0.2, 0.25) is 0 Å². The lowest BCUT2D eigenvalue weighted by Crippen LogP contribution is -2.18. The number of halogens is 1. The summed E-state index contributed by atoms with van der Waals surface area (Å²) in [7, 11) is 0. The zero-order valence-corrected chi connectivity index (χ0v) is 8.56. The molecule has 0 saturated heterocycles. The van der Waals surface area contributed by atoms with Crippen molar-refractivity contribution in [1.82, 2.24) is 0 Å². The van der Waals surface area contributed by atoms with E-state index in [-0.39, 0.29) is 6.04 Å². The van der Waals surface area contributed by atoms with Crippen molar-refractivity contribution in [1.29, 1.82) is 0 Å². The van der Waals surface area contributed by atoms with E-state index in [0.717, 1.165) is 17.9 Å². The zero-order valence-electron chi connectivity index (χ0n) is 7.81. The van der Waals surface area contributed by atoms with Gasteiger partial charge in [0.25, 0.3) is 0 Å². The second-order valence-corrected chi connectivity index (χ2v) is 4.15. The fourth-order valence-electron chi connectivity index (χ4n) is 2.15. The molecule has 0 amide bonds. The molecule has 0 heterocycles. The van der Waals surface area contributed by atoms with Crippen LogP contribution in [0.5, 0.6) is 0 Å². The van der Waals surface area contributed by atoms with Crippen LogP contribution in [0.3, 0.4) is 0 Å². The molecule has 2 rings (SSSR count). The predicted molar refractivity (Wildman–Crippen MR) is 56.1 cm³/mol. The summed E-state index contributed by atoms with van der Waals surface area (Å²) in [5.41, 5.74) is 9.91. The van der Waals surface area contributed by atoms with Gasteiger partial charge in [-0.25, -0.2) is 0 Å². The van der Waals surface area contributed by atoms with E-state index < -0.39 is 0 Å². The quantitative estimate of drug-likeness (QED) is 0.677. The van der Waals surface area contributed by atoms with Crippen molar-refractivity contribution in [3.05, 3.63) is 33.8 Å². The molecule has 0 spiro atoms. The van der Waals surface area contributed by atoms with Crippen LogP contribution in [0.15, 0.2) is 12.1 Å². The Bertz CT molecular complexity index is 333. The molecule has 0 fully saturated rings. The van der Waals surface area contributed by atoms with E-state index in [1.54, 1.807) is 0 Å². The van der Waals surface area contributed by atoms with Crippen LogP contribution in [0, 0.1) is 6.92 Å². The van der Waals surface area contributed by atoms with Gasteiger partial charge in [0.1, 0.15) is 0 Å². The first-order valence-corrected chi connectivity index (χ1v) is 5.11. The maximum absolute atomic E-state index is 6.06. The average molecular weight is 196 g/mol. The lowest BCUT2D eigenvalue weighted by molar-refractivity contribution is 0.567. The Morgan fingerprint density at radius 2 is 2.23 bits per heavy atom. The van der Waals surface area contributed by atoms with Gasteiger partial charge in [0.05, 0.1) is 0 Å². The molecule has 1 atom stereocenters. The Labute approximate surface area is 83.9 Å². The molecule has 0 saturated carbocycles. The lowest BCUT2D eigenvalue weighted by Gasteiger charge is -2.24. The summed E-state index contributed by atoms with van der Waals surface area (Å²) in [5.74, 6) is 0. The second-order valence-electron chi connectivity index (χ2n) is 3.74. The van der Waals surface area contributed by atoms with Crippen molar-refractivity contribution in [3.63, 3.8) is 0 Å². The predicted octanol–water partition coefficient (Wildman–Crippen LogP) is 2.98. The van der Waals surface area contributed by atoms with Crippen LogP contribution >= 0.6 is 11.6 Å². The summed E-state index contributed by atoms with van der Waals surface area (Å²) < 4.78 is 0. The van der Waals surface area contributed by atoms with Gasteiger partial charge < -0.3 is 5.73 Å². The van der Waals surface area contributed by atoms with Crippen LogP contribution in [-0.2, 0) is 6.42 Å². The van der Waals surface area contributed by atoms with E-state index in [2.05, 4.69) is 13.0 Å². The molecule has 0 radical (unpaired) electrons. The summed E-state index contributed by atoms with van der Waals surface area (Å²) in [6.45, 7) is 2.06. The Morgan fingerprint density at radius 1 is 1.46 bits per heavy atom. The number of benzene rings is 1. The Kier molecular flexibility index (Phi) is 2.31. The van der Waals surface area contributed by atoms with Crippen molar-refractivity contribution in [2.24, 2.45) is 5.73 Å². The van der Waals surface area contributed by atoms with Gasteiger partial charge in [-0.1, -0.05) is 17.7 Å². The van der Waals surface area contributed by atoms with Gasteiger partial charge >= 0.3 is 0 Å². The molecule has 1 nitrogen and oxygen atoms in total.